The summed E-state index contributed by atoms with van der Waals surface area (Å²) in [6.45, 7) is 0. The fourth-order valence-corrected chi connectivity index (χ4v) is 1.27. The van der Waals surface area contributed by atoms with Gasteiger partial charge in [-0.25, -0.2) is 0 Å². The van der Waals surface area contributed by atoms with E-state index in [1.165, 1.54) is 0 Å². The van der Waals surface area contributed by atoms with Gasteiger partial charge in [0.1, 0.15) is 6.29 Å². The van der Waals surface area contributed by atoms with Crippen LogP contribution in [-0.4, -0.2) is 12.5 Å². The Hall–Kier alpha value is -1.44. The van der Waals surface area contributed by atoms with E-state index in [-0.39, 0.29) is 5.92 Å². The van der Waals surface area contributed by atoms with Gasteiger partial charge in [-0.05, 0) is 17.7 Å². The quantitative estimate of drug-likeness (QED) is 0.511. The molecule has 54 valence electrons. The van der Waals surface area contributed by atoms with Crippen LogP contribution in [0.5, 0.6) is 0 Å². The molecule has 1 atom stereocenters. The summed E-state index contributed by atoms with van der Waals surface area (Å²) in [5, 5.41) is 0. The molecule has 1 heterocycles. The molecule has 0 radical (unpaired) electrons. The number of fused-ring (bicyclic) bond motifs is 1. The second-order valence-electron chi connectivity index (χ2n) is 2.50. The maximum Gasteiger partial charge on any atom is 0.131 e. The lowest BCUT2D eigenvalue weighted by atomic mass is 9.94. The number of hydrogen-bond donors (Lipinski definition) is 0. The van der Waals surface area contributed by atoms with Gasteiger partial charge in [-0.15, -0.1) is 0 Å². The van der Waals surface area contributed by atoms with Gasteiger partial charge in [-0.2, -0.15) is 0 Å². The molecule has 0 amide bonds. The minimum absolute atomic E-state index is 0.0856. The summed E-state index contributed by atoms with van der Waals surface area (Å²) in [6, 6.07) is 0. The summed E-state index contributed by atoms with van der Waals surface area (Å²) in [7, 11) is 0. The summed E-state index contributed by atoms with van der Waals surface area (Å²) >= 11 is 0. The second kappa shape index (κ2) is 2.31. The summed E-state index contributed by atoms with van der Waals surface area (Å²) in [5.41, 5.74) is 1.94. The number of aldehydes is 1. The van der Waals surface area contributed by atoms with Crippen LogP contribution >= 0.6 is 0 Å². The van der Waals surface area contributed by atoms with Crippen LogP contribution < -0.4 is 0 Å². The SMILES string of the molecule is O=CC1C=CC=C2N=CC=C21. The Kier molecular flexibility index (Phi) is 1.32. The van der Waals surface area contributed by atoms with Crippen molar-refractivity contribution in [3.8, 4) is 0 Å². The Balaban J connectivity index is 2.41. The molecule has 0 aromatic heterocycles. The average molecular weight is 145 g/mol. The molecule has 0 bridgehead atoms. The normalized spacial score (nSPS) is 26.0. The third-order valence-corrected chi connectivity index (χ3v) is 1.84. The number of rotatable bonds is 1. The molecule has 2 rings (SSSR count). The van der Waals surface area contributed by atoms with Crippen LogP contribution in [0, 0.1) is 5.92 Å². The highest BCUT2D eigenvalue weighted by Gasteiger charge is 2.18. The molecule has 0 aromatic carbocycles. The van der Waals surface area contributed by atoms with Gasteiger partial charge in [0.15, 0.2) is 0 Å². The number of aliphatic imine (C=N–C) groups is 1. The molecule has 0 fully saturated rings. The smallest absolute Gasteiger partial charge is 0.131 e. The van der Waals surface area contributed by atoms with Crippen LogP contribution in [0.4, 0.5) is 0 Å². The zero-order valence-electron chi connectivity index (χ0n) is 5.90. The van der Waals surface area contributed by atoms with Crippen molar-refractivity contribution in [1.29, 1.82) is 0 Å². The summed E-state index contributed by atoms with van der Waals surface area (Å²) < 4.78 is 0. The summed E-state index contributed by atoms with van der Waals surface area (Å²) in [5.74, 6) is -0.0856. The summed E-state index contributed by atoms with van der Waals surface area (Å²) in [4.78, 5) is 14.6. The zero-order chi connectivity index (χ0) is 7.68. The van der Waals surface area contributed by atoms with Crippen molar-refractivity contribution >= 4 is 12.5 Å². The van der Waals surface area contributed by atoms with Gasteiger partial charge in [0.25, 0.3) is 0 Å². The van der Waals surface area contributed by atoms with Gasteiger partial charge in [0.05, 0.1) is 11.6 Å². The molecular formula is C9H7NO. The van der Waals surface area contributed by atoms with Gasteiger partial charge in [-0.1, -0.05) is 12.2 Å². The topological polar surface area (TPSA) is 29.4 Å². The maximum atomic E-state index is 10.5. The Morgan fingerprint density at radius 3 is 3.18 bits per heavy atom. The number of carbonyl (C=O) groups is 1. The highest BCUT2D eigenvalue weighted by molar-refractivity contribution is 5.83. The molecule has 2 aliphatic rings. The monoisotopic (exact) mass is 145 g/mol. The Bertz CT molecular complexity index is 308. The van der Waals surface area contributed by atoms with Crippen molar-refractivity contribution < 1.29 is 4.79 Å². The van der Waals surface area contributed by atoms with Crippen molar-refractivity contribution in [3.63, 3.8) is 0 Å². The first kappa shape index (κ1) is 6.28. The van der Waals surface area contributed by atoms with Crippen molar-refractivity contribution in [2.45, 2.75) is 0 Å². The van der Waals surface area contributed by atoms with Crippen LogP contribution in [-0.2, 0) is 4.79 Å². The Morgan fingerprint density at radius 1 is 1.45 bits per heavy atom. The van der Waals surface area contributed by atoms with Crippen LogP contribution in [0.3, 0.4) is 0 Å². The lowest BCUT2D eigenvalue weighted by Crippen LogP contribution is -2.04. The van der Waals surface area contributed by atoms with E-state index in [0.717, 1.165) is 17.6 Å². The fourth-order valence-electron chi connectivity index (χ4n) is 1.27. The van der Waals surface area contributed by atoms with Crippen molar-refractivity contribution in [1.82, 2.24) is 0 Å². The molecule has 1 aliphatic heterocycles. The van der Waals surface area contributed by atoms with Crippen LogP contribution in [0.25, 0.3) is 0 Å². The number of hydrogen-bond acceptors (Lipinski definition) is 2. The standard InChI is InChI=1S/C9H7NO/c11-6-7-2-1-3-9-8(7)4-5-10-9/h1-7H. The molecule has 1 aliphatic carbocycles. The highest BCUT2D eigenvalue weighted by Crippen LogP contribution is 2.27. The molecule has 2 heteroatoms. The van der Waals surface area contributed by atoms with E-state index < -0.39 is 0 Å². The fraction of sp³-hybridized carbons (Fsp3) is 0.111. The average Bonchev–Trinajstić information content (AvgIpc) is 2.50. The predicted octanol–water partition coefficient (Wildman–Crippen LogP) is 1.27. The lowest BCUT2D eigenvalue weighted by Gasteiger charge is -2.10. The zero-order valence-corrected chi connectivity index (χ0v) is 5.90. The van der Waals surface area contributed by atoms with Gasteiger partial charge in [0.2, 0.25) is 0 Å². The number of nitrogens with zero attached hydrogens (tertiary/aromatic N) is 1. The van der Waals surface area contributed by atoms with Crippen molar-refractivity contribution in [2.75, 3.05) is 0 Å². The molecule has 0 aromatic rings. The minimum atomic E-state index is -0.0856. The van der Waals surface area contributed by atoms with Crippen LogP contribution in [0.1, 0.15) is 0 Å². The van der Waals surface area contributed by atoms with Crippen LogP contribution in [0.15, 0.2) is 40.6 Å². The van der Waals surface area contributed by atoms with Gasteiger partial charge in [0, 0.05) is 6.21 Å². The van der Waals surface area contributed by atoms with Gasteiger partial charge in [-0.3, -0.25) is 4.99 Å². The molecule has 2 nitrogen and oxygen atoms in total. The van der Waals surface area contributed by atoms with E-state index in [4.69, 9.17) is 0 Å². The van der Waals surface area contributed by atoms with E-state index in [1.807, 2.05) is 24.3 Å². The van der Waals surface area contributed by atoms with E-state index in [1.54, 1.807) is 6.21 Å². The van der Waals surface area contributed by atoms with Crippen molar-refractivity contribution in [2.24, 2.45) is 10.9 Å². The van der Waals surface area contributed by atoms with Gasteiger partial charge >= 0.3 is 0 Å². The molecule has 1 unspecified atom stereocenters. The first-order chi connectivity index (χ1) is 5.42. The van der Waals surface area contributed by atoms with Crippen molar-refractivity contribution in [3.05, 3.63) is 35.6 Å². The third-order valence-electron chi connectivity index (χ3n) is 1.84. The Morgan fingerprint density at radius 2 is 2.36 bits per heavy atom. The van der Waals surface area contributed by atoms with E-state index >= 15 is 0 Å². The van der Waals surface area contributed by atoms with E-state index in [0.29, 0.717) is 0 Å². The van der Waals surface area contributed by atoms with E-state index in [9.17, 15) is 4.79 Å². The molecule has 0 spiro atoms. The second-order valence-corrected chi connectivity index (χ2v) is 2.50. The lowest BCUT2D eigenvalue weighted by molar-refractivity contribution is -0.109. The highest BCUT2D eigenvalue weighted by atomic mass is 16.1. The van der Waals surface area contributed by atoms with Gasteiger partial charge < -0.3 is 4.79 Å². The first-order valence-corrected chi connectivity index (χ1v) is 3.50. The van der Waals surface area contributed by atoms with E-state index in [2.05, 4.69) is 4.99 Å². The molecular weight excluding hydrogens is 138 g/mol. The predicted molar refractivity (Wildman–Crippen MR) is 43.4 cm³/mol. The largest absolute Gasteiger partial charge is 0.302 e. The molecule has 11 heavy (non-hydrogen) atoms. The molecule has 0 N–H and O–H groups in total. The number of allylic oxidation sites excluding steroid dienone is 5. The van der Waals surface area contributed by atoms with Crippen LogP contribution in [0.2, 0.25) is 0 Å². The maximum absolute atomic E-state index is 10.5. The first-order valence-electron chi connectivity index (χ1n) is 3.50. The minimum Gasteiger partial charge on any atom is -0.302 e. The molecule has 0 saturated carbocycles. The molecule has 0 saturated heterocycles. The third kappa shape index (κ3) is 0.871. The Labute approximate surface area is 64.6 Å². The summed E-state index contributed by atoms with van der Waals surface area (Å²) in [6.07, 6.45) is 10.2. The number of carbonyl (C=O) groups excluding carboxylic acids is 1.